The second-order valence-electron chi connectivity index (χ2n) is 7.82. The predicted octanol–water partition coefficient (Wildman–Crippen LogP) is 3.91. The summed E-state index contributed by atoms with van der Waals surface area (Å²) < 4.78 is 47.8. The van der Waals surface area contributed by atoms with Crippen LogP contribution in [0.2, 0.25) is 5.02 Å². The molecule has 4 aromatic rings. The Bertz CT molecular complexity index is 1440. The Balaban J connectivity index is 1.83. The van der Waals surface area contributed by atoms with Gasteiger partial charge < -0.3 is 14.2 Å². The molecule has 37 heavy (non-hydrogen) atoms. The highest BCUT2D eigenvalue weighted by Gasteiger charge is 2.34. The molecule has 1 aromatic carbocycles. The first-order chi connectivity index (χ1) is 17.8. The highest BCUT2D eigenvalue weighted by atomic mass is 35.5. The van der Waals surface area contributed by atoms with E-state index in [1.54, 1.807) is 54.7 Å². The molecule has 0 saturated carbocycles. The molecule has 0 radical (unpaired) electrons. The summed E-state index contributed by atoms with van der Waals surface area (Å²) in [5.41, 5.74) is 1.26. The maximum Gasteiger partial charge on any atom is 0.243 e. The topological polar surface area (TPSA) is 130 Å². The second-order valence-corrected chi connectivity index (χ2v) is 10.3. The monoisotopic (exact) mass is 544 g/mol. The lowest BCUT2D eigenvalue weighted by molar-refractivity contribution is 0.0989. The van der Waals surface area contributed by atoms with Gasteiger partial charge in [-0.2, -0.15) is 0 Å². The van der Waals surface area contributed by atoms with Gasteiger partial charge in [0, 0.05) is 19.5 Å². The summed E-state index contributed by atoms with van der Waals surface area (Å²) in [7, 11) is 0.311. The molecule has 0 aliphatic rings. The van der Waals surface area contributed by atoms with E-state index in [0.717, 1.165) is 0 Å². The molecule has 4 rings (SSSR count). The molecular formula is C24H25ClN6O5S. The lowest BCUT2D eigenvalue weighted by Crippen LogP contribution is -2.33. The predicted molar refractivity (Wildman–Crippen MR) is 139 cm³/mol. The van der Waals surface area contributed by atoms with Crippen molar-refractivity contribution in [1.29, 1.82) is 0 Å². The van der Waals surface area contributed by atoms with Gasteiger partial charge >= 0.3 is 0 Å². The first kappa shape index (κ1) is 26.3. The summed E-state index contributed by atoms with van der Waals surface area (Å²) in [5, 5.41) is 7.75. The number of hydrogen-bond donors (Lipinski definition) is 1. The summed E-state index contributed by atoms with van der Waals surface area (Å²) in [5.74, 6) is 1.00. The third kappa shape index (κ3) is 5.36. The van der Waals surface area contributed by atoms with Crippen LogP contribution in [0.15, 0.2) is 60.9 Å². The number of hydrogen-bond acceptors (Lipinski definition) is 9. The Morgan fingerprint density at radius 3 is 2.24 bits per heavy atom. The van der Waals surface area contributed by atoms with Crippen LogP contribution in [0.1, 0.15) is 18.7 Å². The maximum atomic E-state index is 13.6. The van der Waals surface area contributed by atoms with Crippen molar-refractivity contribution >= 4 is 27.6 Å². The van der Waals surface area contributed by atoms with Crippen LogP contribution in [0.5, 0.6) is 11.5 Å². The van der Waals surface area contributed by atoms with Gasteiger partial charge in [0.25, 0.3) is 0 Å². The van der Waals surface area contributed by atoms with Crippen molar-refractivity contribution in [2.45, 2.75) is 18.3 Å². The standard InChI is InChI=1S/C24H25ClN6O5S/c1-15(22(36-4)17-12-11-16(25)14-27-17)37(32,33)30-24-29-28-23(18-8-5-6-13-26-18)31(24)21-19(34-2)9-7-10-20(21)35-3/h5-15,22H,1-4H3,(H,29,30)/t15-,22-/m0/s1. The molecule has 3 heterocycles. The van der Waals surface area contributed by atoms with E-state index < -0.39 is 21.4 Å². The van der Waals surface area contributed by atoms with E-state index in [0.29, 0.717) is 33.6 Å². The molecule has 0 saturated heterocycles. The van der Waals surface area contributed by atoms with Crippen molar-refractivity contribution in [3.05, 3.63) is 71.6 Å². The summed E-state index contributed by atoms with van der Waals surface area (Å²) in [6.45, 7) is 1.51. The Kier molecular flexibility index (Phi) is 7.91. The van der Waals surface area contributed by atoms with Crippen LogP contribution >= 0.6 is 11.6 Å². The van der Waals surface area contributed by atoms with E-state index in [4.69, 9.17) is 25.8 Å². The minimum Gasteiger partial charge on any atom is -0.494 e. The van der Waals surface area contributed by atoms with Crippen LogP contribution in [0.4, 0.5) is 5.95 Å². The van der Waals surface area contributed by atoms with Gasteiger partial charge in [0.05, 0.1) is 24.9 Å². The zero-order valence-corrected chi connectivity index (χ0v) is 22.1. The summed E-state index contributed by atoms with van der Waals surface area (Å²) in [6, 6.07) is 13.7. The number of sulfonamides is 1. The molecular weight excluding hydrogens is 520 g/mol. The Hall–Kier alpha value is -3.74. The van der Waals surface area contributed by atoms with Gasteiger partial charge in [-0.3, -0.25) is 19.3 Å². The van der Waals surface area contributed by atoms with E-state index in [1.807, 2.05) is 0 Å². The number of pyridine rings is 2. The minimum atomic E-state index is -4.09. The van der Waals surface area contributed by atoms with Crippen LogP contribution in [-0.2, 0) is 14.8 Å². The second kappa shape index (κ2) is 11.1. The van der Waals surface area contributed by atoms with Crippen LogP contribution in [0.3, 0.4) is 0 Å². The fourth-order valence-corrected chi connectivity index (χ4v) is 5.03. The summed E-state index contributed by atoms with van der Waals surface area (Å²) in [6.07, 6.45) is 2.14. The van der Waals surface area contributed by atoms with Gasteiger partial charge in [-0.15, -0.1) is 10.2 Å². The van der Waals surface area contributed by atoms with Crippen LogP contribution in [0, 0.1) is 0 Å². The summed E-state index contributed by atoms with van der Waals surface area (Å²) in [4.78, 5) is 8.58. The van der Waals surface area contributed by atoms with Gasteiger partial charge in [0.15, 0.2) is 5.82 Å². The quantitative estimate of drug-likeness (QED) is 0.315. The third-order valence-corrected chi connectivity index (χ3v) is 7.54. The number of ether oxygens (including phenoxy) is 3. The molecule has 2 atom stereocenters. The number of methoxy groups -OCH3 is 3. The average Bonchev–Trinajstić information content (AvgIpc) is 3.32. The normalized spacial score (nSPS) is 13.1. The van der Waals surface area contributed by atoms with Gasteiger partial charge in [-0.25, -0.2) is 8.42 Å². The SMILES string of the molecule is COc1cccc(OC)c1-n1c(NS(=O)(=O)[C@@H](C)[C@H](OC)c2ccc(Cl)cn2)nnc1-c1ccccn1. The third-order valence-electron chi connectivity index (χ3n) is 5.63. The van der Waals surface area contributed by atoms with E-state index in [1.165, 1.54) is 39.0 Å². The van der Waals surface area contributed by atoms with E-state index in [-0.39, 0.29) is 11.8 Å². The Morgan fingerprint density at radius 1 is 0.946 bits per heavy atom. The van der Waals surface area contributed by atoms with Crippen molar-refractivity contribution < 1.29 is 22.6 Å². The number of para-hydroxylation sites is 1. The molecule has 11 nitrogen and oxygen atoms in total. The number of halogens is 1. The van der Waals surface area contributed by atoms with E-state index >= 15 is 0 Å². The molecule has 0 spiro atoms. The molecule has 13 heteroatoms. The molecule has 3 aromatic heterocycles. The molecule has 0 fully saturated rings. The van der Waals surface area contributed by atoms with Gasteiger partial charge in [-0.05, 0) is 43.3 Å². The molecule has 0 aliphatic carbocycles. The first-order valence-electron chi connectivity index (χ1n) is 11.0. The lowest BCUT2D eigenvalue weighted by Gasteiger charge is -2.23. The number of nitrogens with zero attached hydrogens (tertiary/aromatic N) is 5. The largest absolute Gasteiger partial charge is 0.494 e. The minimum absolute atomic E-state index is 0.0887. The number of rotatable bonds is 10. The highest BCUT2D eigenvalue weighted by molar-refractivity contribution is 7.93. The van der Waals surface area contributed by atoms with Crippen molar-refractivity contribution in [2.75, 3.05) is 26.1 Å². The number of nitrogens with one attached hydrogen (secondary N) is 1. The van der Waals surface area contributed by atoms with Crippen LogP contribution in [-0.4, -0.2) is 59.7 Å². The highest BCUT2D eigenvalue weighted by Crippen LogP contribution is 2.37. The molecule has 0 aliphatic heterocycles. The zero-order chi connectivity index (χ0) is 26.6. The zero-order valence-electron chi connectivity index (χ0n) is 20.5. The van der Waals surface area contributed by atoms with Gasteiger partial charge in [-0.1, -0.05) is 23.7 Å². The fourth-order valence-electron chi connectivity index (χ4n) is 3.77. The fraction of sp³-hybridized carbons (Fsp3) is 0.250. The number of aromatic nitrogens is 5. The number of anilines is 1. The summed E-state index contributed by atoms with van der Waals surface area (Å²) >= 11 is 5.94. The molecule has 0 amide bonds. The molecule has 194 valence electrons. The molecule has 0 bridgehead atoms. The Labute approximate surface area is 219 Å². The van der Waals surface area contributed by atoms with Gasteiger partial charge in [0.1, 0.15) is 34.2 Å². The molecule has 0 unspecified atom stereocenters. The van der Waals surface area contributed by atoms with Crippen molar-refractivity contribution in [3.8, 4) is 28.7 Å². The van der Waals surface area contributed by atoms with Crippen molar-refractivity contribution in [1.82, 2.24) is 24.7 Å². The smallest absolute Gasteiger partial charge is 0.243 e. The van der Waals surface area contributed by atoms with E-state index in [9.17, 15) is 8.42 Å². The Morgan fingerprint density at radius 2 is 1.68 bits per heavy atom. The van der Waals surface area contributed by atoms with E-state index in [2.05, 4.69) is 24.9 Å². The molecule has 1 N–H and O–H groups in total. The van der Waals surface area contributed by atoms with Crippen LogP contribution in [0.25, 0.3) is 17.2 Å². The average molecular weight is 545 g/mol. The lowest BCUT2D eigenvalue weighted by atomic mass is 10.2. The first-order valence-corrected chi connectivity index (χ1v) is 13.0. The van der Waals surface area contributed by atoms with Crippen molar-refractivity contribution in [3.63, 3.8) is 0 Å². The van der Waals surface area contributed by atoms with Gasteiger partial charge in [0.2, 0.25) is 16.0 Å². The van der Waals surface area contributed by atoms with Crippen LogP contribution < -0.4 is 14.2 Å². The van der Waals surface area contributed by atoms with Crippen molar-refractivity contribution in [2.24, 2.45) is 0 Å². The number of benzene rings is 1. The maximum absolute atomic E-state index is 13.6.